The Morgan fingerprint density at radius 2 is 1.92 bits per heavy atom. The number of fused-ring (bicyclic) bond motifs is 2. The van der Waals surface area contributed by atoms with Gasteiger partial charge < -0.3 is 21.1 Å². The van der Waals surface area contributed by atoms with Crippen LogP contribution in [-0.4, -0.2) is 42.1 Å². The highest BCUT2D eigenvalue weighted by molar-refractivity contribution is 6.03. The second-order valence-corrected chi connectivity index (χ2v) is 6.71. The highest BCUT2D eigenvalue weighted by atomic mass is 16.3. The molecule has 1 aliphatic rings. The van der Waals surface area contributed by atoms with Gasteiger partial charge in [-0.05, 0) is 29.8 Å². The van der Waals surface area contributed by atoms with Gasteiger partial charge in [-0.25, -0.2) is 5.01 Å². The third kappa shape index (κ3) is 2.28. The SMILES string of the molecule is CN(C)N(C)c1[nH]c2c(N)cccc2c1[C@H]1NC(=O)c2ccc(O)cc21. The Labute approximate surface area is 151 Å². The zero-order valence-electron chi connectivity index (χ0n) is 14.9. The molecule has 2 aromatic carbocycles. The molecule has 7 nitrogen and oxygen atoms in total. The van der Waals surface area contributed by atoms with E-state index in [-0.39, 0.29) is 17.7 Å². The molecule has 0 aliphatic carbocycles. The van der Waals surface area contributed by atoms with E-state index in [1.54, 1.807) is 12.1 Å². The Morgan fingerprint density at radius 1 is 1.15 bits per heavy atom. The van der Waals surface area contributed by atoms with Gasteiger partial charge >= 0.3 is 0 Å². The molecule has 26 heavy (non-hydrogen) atoms. The van der Waals surface area contributed by atoms with Crippen molar-refractivity contribution in [1.29, 1.82) is 0 Å². The third-order valence-electron chi connectivity index (χ3n) is 4.96. The van der Waals surface area contributed by atoms with Gasteiger partial charge in [0.2, 0.25) is 0 Å². The molecular weight excluding hydrogens is 330 g/mol. The van der Waals surface area contributed by atoms with Crippen molar-refractivity contribution in [3.05, 3.63) is 53.1 Å². The van der Waals surface area contributed by atoms with Gasteiger partial charge in [0.1, 0.15) is 11.6 Å². The van der Waals surface area contributed by atoms with E-state index < -0.39 is 0 Å². The van der Waals surface area contributed by atoms with E-state index in [0.717, 1.165) is 27.8 Å². The summed E-state index contributed by atoms with van der Waals surface area (Å²) in [5, 5.41) is 17.8. The van der Waals surface area contributed by atoms with Crippen molar-refractivity contribution < 1.29 is 9.90 Å². The molecule has 134 valence electrons. The van der Waals surface area contributed by atoms with Gasteiger partial charge in [0.15, 0.2) is 0 Å². The zero-order chi connectivity index (χ0) is 18.6. The molecule has 2 heterocycles. The van der Waals surface area contributed by atoms with E-state index in [1.165, 1.54) is 6.07 Å². The first-order valence-corrected chi connectivity index (χ1v) is 8.33. The van der Waals surface area contributed by atoms with Crippen LogP contribution in [-0.2, 0) is 0 Å². The number of benzene rings is 2. The van der Waals surface area contributed by atoms with Gasteiger partial charge in [-0.1, -0.05) is 12.1 Å². The summed E-state index contributed by atoms with van der Waals surface area (Å²) in [6, 6.07) is 10.2. The van der Waals surface area contributed by atoms with Crippen LogP contribution in [0.4, 0.5) is 11.5 Å². The Hall–Kier alpha value is -3.19. The summed E-state index contributed by atoms with van der Waals surface area (Å²) in [6.07, 6.45) is 0. The number of para-hydroxylation sites is 1. The van der Waals surface area contributed by atoms with Gasteiger partial charge in [-0.3, -0.25) is 9.80 Å². The Bertz CT molecular complexity index is 1020. The molecule has 1 aromatic heterocycles. The first-order chi connectivity index (χ1) is 12.4. The maximum atomic E-state index is 12.4. The van der Waals surface area contributed by atoms with Crippen LogP contribution in [0, 0.1) is 0 Å². The molecule has 4 rings (SSSR count). The number of nitrogens with one attached hydrogen (secondary N) is 2. The molecule has 0 bridgehead atoms. The number of carbonyl (C=O) groups is 1. The summed E-state index contributed by atoms with van der Waals surface area (Å²) in [5.41, 5.74) is 9.89. The molecule has 0 saturated carbocycles. The largest absolute Gasteiger partial charge is 0.508 e. The summed E-state index contributed by atoms with van der Waals surface area (Å²) in [7, 11) is 5.81. The van der Waals surface area contributed by atoms with Crippen LogP contribution in [0.25, 0.3) is 10.9 Å². The summed E-state index contributed by atoms with van der Waals surface area (Å²) in [4.78, 5) is 15.8. The molecule has 0 radical (unpaired) electrons. The van der Waals surface area contributed by atoms with Gasteiger partial charge in [0.25, 0.3) is 5.91 Å². The van der Waals surface area contributed by atoms with Crippen LogP contribution in [0.3, 0.4) is 0 Å². The number of H-pyrrole nitrogens is 1. The number of hydrazine groups is 1. The number of aromatic hydroxyl groups is 1. The molecule has 0 unspecified atom stereocenters. The second kappa shape index (κ2) is 5.67. The van der Waals surface area contributed by atoms with Crippen molar-refractivity contribution in [3.63, 3.8) is 0 Å². The summed E-state index contributed by atoms with van der Waals surface area (Å²) < 4.78 is 0. The number of aromatic nitrogens is 1. The molecule has 0 spiro atoms. The highest BCUT2D eigenvalue weighted by Crippen LogP contribution is 2.42. The maximum Gasteiger partial charge on any atom is 0.252 e. The second-order valence-electron chi connectivity index (χ2n) is 6.71. The minimum absolute atomic E-state index is 0.132. The number of aromatic amines is 1. The van der Waals surface area contributed by atoms with Crippen LogP contribution in [0.1, 0.15) is 27.5 Å². The number of hydrogen-bond acceptors (Lipinski definition) is 5. The summed E-state index contributed by atoms with van der Waals surface area (Å²) >= 11 is 0. The minimum Gasteiger partial charge on any atom is -0.508 e. The topological polar surface area (TPSA) is 97.6 Å². The predicted molar refractivity (Wildman–Crippen MR) is 102 cm³/mol. The van der Waals surface area contributed by atoms with Gasteiger partial charge in [-0.15, -0.1) is 0 Å². The van der Waals surface area contributed by atoms with Gasteiger partial charge in [0, 0.05) is 37.7 Å². The van der Waals surface area contributed by atoms with Crippen molar-refractivity contribution in [1.82, 2.24) is 15.3 Å². The zero-order valence-corrected chi connectivity index (χ0v) is 14.9. The molecule has 3 aromatic rings. The van der Waals surface area contributed by atoms with E-state index in [0.29, 0.717) is 11.3 Å². The highest BCUT2D eigenvalue weighted by Gasteiger charge is 2.34. The smallest absolute Gasteiger partial charge is 0.252 e. The number of rotatable bonds is 3. The standard InChI is InChI=1S/C19H21N5O2/c1-23(2)24(3)18-15(12-5-4-6-14(20)16(12)21-18)17-13-9-10(25)7-8-11(13)19(26)22-17/h4-9,17,21,25H,20H2,1-3H3,(H,22,26)/t17-/m0/s1. The van der Waals surface area contributed by atoms with E-state index in [4.69, 9.17) is 5.73 Å². The first kappa shape index (κ1) is 16.3. The van der Waals surface area contributed by atoms with Crippen LogP contribution < -0.4 is 16.1 Å². The lowest BCUT2D eigenvalue weighted by Crippen LogP contribution is -2.34. The van der Waals surface area contributed by atoms with Crippen molar-refractivity contribution >= 4 is 28.3 Å². The van der Waals surface area contributed by atoms with Gasteiger partial charge in [-0.2, -0.15) is 0 Å². The quantitative estimate of drug-likeness (QED) is 0.428. The Balaban J connectivity index is 2.00. The van der Waals surface area contributed by atoms with Crippen molar-refractivity contribution in [2.45, 2.75) is 6.04 Å². The average molecular weight is 351 g/mol. The number of phenols is 1. The third-order valence-corrected chi connectivity index (χ3v) is 4.96. The Morgan fingerprint density at radius 3 is 2.65 bits per heavy atom. The molecule has 7 heteroatoms. The fraction of sp³-hybridized carbons (Fsp3) is 0.211. The number of nitrogens with zero attached hydrogens (tertiary/aromatic N) is 2. The first-order valence-electron chi connectivity index (χ1n) is 8.33. The van der Waals surface area contributed by atoms with Crippen LogP contribution in [0.5, 0.6) is 5.75 Å². The number of amides is 1. The van der Waals surface area contributed by atoms with E-state index in [9.17, 15) is 9.90 Å². The number of nitrogen functional groups attached to an aromatic ring is 1. The Kier molecular flexibility index (Phi) is 3.55. The van der Waals surface area contributed by atoms with E-state index in [2.05, 4.69) is 10.3 Å². The van der Waals surface area contributed by atoms with Crippen molar-refractivity contribution in [2.24, 2.45) is 0 Å². The molecule has 1 aliphatic heterocycles. The van der Waals surface area contributed by atoms with E-state index in [1.807, 2.05) is 49.4 Å². The van der Waals surface area contributed by atoms with E-state index >= 15 is 0 Å². The minimum atomic E-state index is -0.377. The lowest BCUT2D eigenvalue weighted by Gasteiger charge is -2.27. The summed E-state index contributed by atoms with van der Waals surface area (Å²) in [5.74, 6) is 0.818. The van der Waals surface area contributed by atoms with Crippen molar-refractivity contribution in [2.75, 3.05) is 31.9 Å². The van der Waals surface area contributed by atoms with Crippen LogP contribution in [0.15, 0.2) is 36.4 Å². The van der Waals surface area contributed by atoms with Crippen molar-refractivity contribution in [3.8, 4) is 5.75 Å². The molecule has 1 atom stereocenters. The average Bonchev–Trinajstić information content (AvgIpc) is 3.13. The van der Waals surface area contributed by atoms with Crippen LogP contribution in [0.2, 0.25) is 0 Å². The summed E-state index contributed by atoms with van der Waals surface area (Å²) in [6.45, 7) is 0. The van der Waals surface area contributed by atoms with Gasteiger partial charge in [0.05, 0.1) is 17.2 Å². The number of nitrogens with two attached hydrogens (primary N) is 1. The predicted octanol–water partition coefficient (Wildman–Crippen LogP) is 2.20. The molecule has 0 saturated heterocycles. The fourth-order valence-corrected chi connectivity index (χ4v) is 3.50. The maximum absolute atomic E-state index is 12.4. The lowest BCUT2D eigenvalue weighted by molar-refractivity contribution is 0.0960. The number of anilines is 2. The molecule has 1 amide bonds. The number of carbonyl (C=O) groups excluding carboxylic acids is 1. The molecule has 0 fully saturated rings. The fourth-order valence-electron chi connectivity index (χ4n) is 3.50. The number of hydrogen-bond donors (Lipinski definition) is 4. The monoisotopic (exact) mass is 351 g/mol. The number of phenolic OH excluding ortho intramolecular Hbond substituents is 1. The van der Waals surface area contributed by atoms with Crippen LogP contribution >= 0.6 is 0 Å². The molecular formula is C19H21N5O2. The normalized spacial score (nSPS) is 16.2. The molecule has 5 N–H and O–H groups in total. The lowest BCUT2D eigenvalue weighted by atomic mass is 9.96.